The van der Waals surface area contributed by atoms with Crippen molar-refractivity contribution in [2.24, 2.45) is 0 Å². The molecular formula is C18H14F3N7O. The van der Waals surface area contributed by atoms with E-state index in [1.807, 2.05) is 6.20 Å². The molecule has 148 valence electrons. The van der Waals surface area contributed by atoms with Gasteiger partial charge in [0.1, 0.15) is 6.54 Å². The molecule has 0 aliphatic rings. The largest absolute Gasteiger partial charge is 0.405 e. The van der Waals surface area contributed by atoms with Crippen molar-refractivity contribution in [3.05, 3.63) is 55.2 Å². The van der Waals surface area contributed by atoms with E-state index in [0.29, 0.717) is 22.5 Å². The number of carbonyl (C=O) groups is 1. The maximum Gasteiger partial charge on any atom is 0.405 e. The van der Waals surface area contributed by atoms with E-state index in [1.54, 1.807) is 58.9 Å². The number of urea groups is 1. The van der Waals surface area contributed by atoms with Crippen molar-refractivity contribution in [3.8, 4) is 22.3 Å². The number of halogens is 3. The lowest BCUT2D eigenvalue weighted by atomic mass is 10.1. The summed E-state index contributed by atoms with van der Waals surface area (Å²) < 4.78 is 38.2. The first-order valence-corrected chi connectivity index (χ1v) is 8.44. The number of alkyl halides is 3. The minimum Gasteiger partial charge on any atom is -0.329 e. The highest BCUT2D eigenvalue weighted by molar-refractivity contribution is 5.90. The number of benzene rings is 1. The second kappa shape index (κ2) is 7.26. The minimum absolute atomic E-state index is 0.344. The van der Waals surface area contributed by atoms with Gasteiger partial charge in [-0.2, -0.15) is 23.4 Å². The van der Waals surface area contributed by atoms with Crippen LogP contribution in [0.1, 0.15) is 0 Å². The maximum absolute atomic E-state index is 12.2. The first kappa shape index (κ1) is 18.5. The average Bonchev–Trinajstić information content (AvgIpc) is 3.35. The highest BCUT2D eigenvalue weighted by Crippen LogP contribution is 2.27. The SMILES string of the molecule is O=C(NCC(F)(F)F)Nc1cccc(-c2cnn3cc(-c4cn[nH]c4)cnc23)c1. The van der Waals surface area contributed by atoms with E-state index in [-0.39, 0.29) is 0 Å². The van der Waals surface area contributed by atoms with Gasteiger partial charge < -0.3 is 10.6 Å². The smallest absolute Gasteiger partial charge is 0.329 e. The number of hydrogen-bond acceptors (Lipinski definition) is 4. The Labute approximate surface area is 161 Å². The summed E-state index contributed by atoms with van der Waals surface area (Å²) in [6.07, 6.45) is 4.07. The van der Waals surface area contributed by atoms with Crippen LogP contribution in [0, 0.1) is 0 Å². The maximum atomic E-state index is 12.2. The Balaban J connectivity index is 1.56. The first-order chi connectivity index (χ1) is 13.9. The van der Waals surface area contributed by atoms with E-state index in [1.165, 1.54) is 0 Å². The topological polar surface area (TPSA) is 100 Å². The summed E-state index contributed by atoms with van der Waals surface area (Å²) in [6, 6.07) is 5.74. The number of aromatic nitrogens is 5. The van der Waals surface area contributed by atoms with Crippen molar-refractivity contribution in [3.63, 3.8) is 0 Å². The van der Waals surface area contributed by atoms with Crippen LogP contribution in [0.4, 0.5) is 23.7 Å². The molecular weight excluding hydrogens is 387 g/mol. The van der Waals surface area contributed by atoms with Crippen molar-refractivity contribution in [1.82, 2.24) is 30.1 Å². The molecule has 0 fully saturated rings. The monoisotopic (exact) mass is 401 g/mol. The molecule has 0 saturated heterocycles. The number of H-pyrrole nitrogens is 1. The summed E-state index contributed by atoms with van der Waals surface area (Å²) >= 11 is 0. The number of nitrogens with zero attached hydrogens (tertiary/aromatic N) is 4. The summed E-state index contributed by atoms with van der Waals surface area (Å²) in [5.74, 6) is 0. The zero-order chi connectivity index (χ0) is 20.4. The number of hydrogen-bond donors (Lipinski definition) is 3. The van der Waals surface area contributed by atoms with Gasteiger partial charge in [0, 0.05) is 41.0 Å². The van der Waals surface area contributed by atoms with Gasteiger partial charge in [0.2, 0.25) is 0 Å². The molecule has 0 atom stereocenters. The second-order valence-corrected chi connectivity index (χ2v) is 6.16. The van der Waals surface area contributed by atoms with E-state index in [2.05, 4.69) is 25.6 Å². The summed E-state index contributed by atoms with van der Waals surface area (Å²) in [5.41, 5.74) is 4.05. The summed E-state index contributed by atoms with van der Waals surface area (Å²) in [4.78, 5) is 16.1. The Morgan fingerprint density at radius 3 is 2.76 bits per heavy atom. The third-order valence-corrected chi connectivity index (χ3v) is 4.07. The lowest BCUT2D eigenvalue weighted by Gasteiger charge is -2.10. The molecule has 0 unspecified atom stereocenters. The van der Waals surface area contributed by atoms with Crippen molar-refractivity contribution in [1.29, 1.82) is 0 Å². The number of anilines is 1. The molecule has 3 heterocycles. The van der Waals surface area contributed by atoms with E-state index >= 15 is 0 Å². The van der Waals surface area contributed by atoms with Gasteiger partial charge in [-0.3, -0.25) is 5.10 Å². The van der Waals surface area contributed by atoms with Crippen LogP contribution in [0.3, 0.4) is 0 Å². The number of nitrogens with one attached hydrogen (secondary N) is 3. The normalized spacial score (nSPS) is 11.6. The molecule has 1 aromatic carbocycles. The molecule has 0 saturated carbocycles. The number of fused-ring (bicyclic) bond motifs is 1. The van der Waals surface area contributed by atoms with Crippen molar-refractivity contribution >= 4 is 17.4 Å². The highest BCUT2D eigenvalue weighted by Gasteiger charge is 2.27. The number of carbonyl (C=O) groups excluding carboxylic acids is 1. The standard InChI is InChI=1S/C18H14F3N7O/c19-18(20,21)10-23-17(29)27-14-3-1-2-11(4-14)15-8-26-28-9-13(5-22-16(15)28)12-6-24-25-7-12/h1-9H,10H2,(H,24,25)(H2,23,27,29). The third kappa shape index (κ3) is 4.18. The fourth-order valence-corrected chi connectivity index (χ4v) is 2.76. The molecule has 4 aromatic rings. The molecule has 4 rings (SSSR count). The molecule has 0 bridgehead atoms. The molecule has 8 nitrogen and oxygen atoms in total. The van der Waals surface area contributed by atoms with E-state index < -0.39 is 18.8 Å². The Morgan fingerprint density at radius 2 is 2.00 bits per heavy atom. The summed E-state index contributed by atoms with van der Waals surface area (Å²) in [6.45, 7) is -1.41. The highest BCUT2D eigenvalue weighted by atomic mass is 19.4. The van der Waals surface area contributed by atoms with Crippen LogP contribution >= 0.6 is 0 Å². The zero-order valence-electron chi connectivity index (χ0n) is 14.7. The lowest BCUT2D eigenvalue weighted by molar-refractivity contribution is -0.122. The van der Waals surface area contributed by atoms with Crippen LogP contribution < -0.4 is 10.6 Å². The Hall–Kier alpha value is -3.89. The quantitative estimate of drug-likeness (QED) is 0.488. The van der Waals surface area contributed by atoms with Gasteiger partial charge in [-0.1, -0.05) is 12.1 Å². The van der Waals surface area contributed by atoms with E-state index in [9.17, 15) is 18.0 Å². The summed E-state index contributed by atoms with van der Waals surface area (Å²) in [7, 11) is 0. The third-order valence-electron chi connectivity index (χ3n) is 4.07. The Bertz CT molecular complexity index is 1150. The van der Waals surface area contributed by atoms with Gasteiger partial charge >= 0.3 is 12.2 Å². The Morgan fingerprint density at radius 1 is 1.14 bits per heavy atom. The average molecular weight is 401 g/mol. The minimum atomic E-state index is -4.47. The molecule has 3 aromatic heterocycles. The molecule has 0 radical (unpaired) electrons. The Kier molecular flexibility index (Phi) is 4.63. The van der Waals surface area contributed by atoms with Gasteiger partial charge in [-0.15, -0.1) is 0 Å². The van der Waals surface area contributed by atoms with E-state index in [0.717, 1.165) is 11.1 Å². The first-order valence-electron chi connectivity index (χ1n) is 8.44. The van der Waals surface area contributed by atoms with Crippen LogP contribution in [0.15, 0.2) is 55.2 Å². The molecule has 3 N–H and O–H groups in total. The van der Waals surface area contributed by atoms with Crippen molar-refractivity contribution < 1.29 is 18.0 Å². The fraction of sp³-hybridized carbons (Fsp3) is 0.111. The number of rotatable bonds is 4. The van der Waals surface area contributed by atoms with Crippen molar-refractivity contribution in [2.45, 2.75) is 6.18 Å². The molecule has 0 spiro atoms. The van der Waals surface area contributed by atoms with Gasteiger partial charge in [0.15, 0.2) is 5.65 Å². The van der Waals surface area contributed by atoms with Crippen LogP contribution in [-0.4, -0.2) is 43.5 Å². The molecule has 0 aliphatic carbocycles. The predicted molar refractivity (Wildman–Crippen MR) is 99.1 cm³/mol. The van der Waals surface area contributed by atoms with Crippen molar-refractivity contribution in [2.75, 3.05) is 11.9 Å². The van der Waals surface area contributed by atoms with Crippen LogP contribution in [0.5, 0.6) is 0 Å². The summed E-state index contributed by atoms with van der Waals surface area (Å²) in [5, 5.41) is 15.1. The zero-order valence-corrected chi connectivity index (χ0v) is 14.7. The molecule has 29 heavy (non-hydrogen) atoms. The lowest BCUT2D eigenvalue weighted by Crippen LogP contribution is -2.36. The molecule has 0 aliphatic heterocycles. The van der Waals surface area contributed by atoms with Gasteiger partial charge in [0.05, 0.1) is 12.4 Å². The van der Waals surface area contributed by atoms with Crippen LogP contribution in [0.2, 0.25) is 0 Å². The predicted octanol–water partition coefficient (Wildman–Crippen LogP) is 3.47. The second-order valence-electron chi connectivity index (χ2n) is 6.16. The van der Waals surface area contributed by atoms with Crippen LogP contribution in [-0.2, 0) is 0 Å². The van der Waals surface area contributed by atoms with Crippen LogP contribution in [0.25, 0.3) is 27.9 Å². The van der Waals surface area contributed by atoms with Gasteiger partial charge in [0.25, 0.3) is 0 Å². The number of amides is 2. The number of aromatic amines is 1. The van der Waals surface area contributed by atoms with E-state index in [4.69, 9.17) is 0 Å². The fourth-order valence-electron chi connectivity index (χ4n) is 2.76. The van der Waals surface area contributed by atoms with Gasteiger partial charge in [-0.05, 0) is 17.7 Å². The molecule has 11 heteroatoms. The van der Waals surface area contributed by atoms with Gasteiger partial charge in [-0.25, -0.2) is 14.3 Å². The molecule has 2 amide bonds.